The van der Waals surface area contributed by atoms with Crippen molar-refractivity contribution in [2.75, 3.05) is 20.2 Å². The van der Waals surface area contributed by atoms with E-state index in [1.807, 2.05) is 14.0 Å². The molecule has 1 aromatic rings. The number of nitrogens with two attached hydrogens (primary N) is 1. The quantitative estimate of drug-likeness (QED) is 0.910. The van der Waals surface area contributed by atoms with Crippen LogP contribution in [0, 0.1) is 11.6 Å². The predicted molar refractivity (Wildman–Crippen MR) is 69.7 cm³/mol. The van der Waals surface area contributed by atoms with Crippen molar-refractivity contribution >= 4 is 0 Å². The lowest BCUT2D eigenvalue weighted by atomic mass is 10.0. The molecule has 19 heavy (non-hydrogen) atoms. The van der Waals surface area contributed by atoms with E-state index in [2.05, 4.69) is 4.90 Å². The highest BCUT2D eigenvalue weighted by Gasteiger charge is 2.28. The summed E-state index contributed by atoms with van der Waals surface area (Å²) in [6, 6.07) is 3.81. The molecule has 1 aliphatic rings. The van der Waals surface area contributed by atoms with Gasteiger partial charge >= 0.3 is 0 Å². The zero-order valence-corrected chi connectivity index (χ0v) is 11.3. The molecule has 0 bridgehead atoms. The third-order valence-corrected chi connectivity index (χ3v) is 3.76. The van der Waals surface area contributed by atoms with E-state index in [0.717, 1.165) is 19.1 Å². The molecule has 0 spiro atoms. The maximum Gasteiger partial charge on any atom is 0.159 e. The summed E-state index contributed by atoms with van der Waals surface area (Å²) >= 11 is 0. The van der Waals surface area contributed by atoms with Crippen LogP contribution >= 0.6 is 0 Å². The fourth-order valence-electron chi connectivity index (χ4n) is 2.59. The summed E-state index contributed by atoms with van der Waals surface area (Å²) < 4.78 is 31.6. The standard InChI is InChI=1S/C14H20F2N2O/c1-9-14(5-6-19-9)18(2)8-13(17)10-3-4-11(15)12(16)7-10/h3-4,7,9,13-14H,5-6,8,17H2,1-2H3. The molecule has 0 saturated carbocycles. The van der Waals surface area contributed by atoms with Crippen molar-refractivity contribution in [2.45, 2.75) is 31.5 Å². The molecule has 1 saturated heterocycles. The van der Waals surface area contributed by atoms with Crippen molar-refractivity contribution in [1.29, 1.82) is 0 Å². The molecule has 3 atom stereocenters. The van der Waals surface area contributed by atoms with Crippen molar-refractivity contribution in [1.82, 2.24) is 4.90 Å². The van der Waals surface area contributed by atoms with Gasteiger partial charge in [0.25, 0.3) is 0 Å². The number of likely N-dealkylation sites (N-methyl/N-ethyl adjacent to an activating group) is 1. The Labute approximate surface area is 112 Å². The normalized spacial score (nSPS) is 24.9. The summed E-state index contributed by atoms with van der Waals surface area (Å²) in [6.07, 6.45) is 1.16. The Balaban J connectivity index is 1.99. The van der Waals surface area contributed by atoms with Crippen molar-refractivity contribution in [3.8, 4) is 0 Å². The third kappa shape index (κ3) is 3.29. The van der Waals surface area contributed by atoms with Crippen LogP contribution in [0.25, 0.3) is 0 Å². The lowest BCUT2D eigenvalue weighted by Crippen LogP contribution is -2.40. The highest BCUT2D eigenvalue weighted by Crippen LogP contribution is 2.21. The van der Waals surface area contributed by atoms with Gasteiger partial charge in [0.05, 0.1) is 6.10 Å². The molecule has 0 radical (unpaired) electrons. The van der Waals surface area contributed by atoms with Gasteiger partial charge in [-0.25, -0.2) is 8.78 Å². The molecule has 0 amide bonds. The van der Waals surface area contributed by atoms with Crippen molar-refractivity contribution in [3.05, 3.63) is 35.4 Å². The molecule has 3 nitrogen and oxygen atoms in total. The lowest BCUT2D eigenvalue weighted by molar-refractivity contribution is 0.0818. The summed E-state index contributed by atoms with van der Waals surface area (Å²) in [5.41, 5.74) is 6.66. The van der Waals surface area contributed by atoms with E-state index in [-0.39, 0.29) is 12.1 Å². The summed E-state index contributed by atoms with van der Waals surface area (Å²) in [5, 5.41) is 0. The smallest absolute Gasteiger partial charge is 0.159 e. The molecule has 1 aromatic carbocycles. The molecule has 1 fully saturated rings. The Morgan fingerprint density at radius 1 is 1.42 bits per heavy atom. The van der Waals surface area contributed by atoms with Crippen molar-refractivity contribution < 1.29 is 13.5 Å². The van der Waals surface area contributed by atoms with Gasteiger partial charge in [-0.1, -0.05) is 6.07 Å². The summed E-state index contributed by atoms with van der Waals surface area (Å²) in [4.78, 5) is 2.13. The van der Waals surface area contributed by atoms with Crippen LogP contribution in [0.15, 0.2) is 18.2 Å². The number of ether oxygens (including phenoxy) is 1. The van der Waals surface area contributed by atoms with Crippen LogP contribution in [0.2, 0.25) is 0 Å². The topological polar surface area (TPSA) is 38.5 Å². The first kappa shape index (κ1) is 14.4. The number of nitrogens with zero attached hydrogens (tertiary/aromatic N) is 1. The van der Waals surface area contributed by atoms with Gasteiger partial charge < -0.3 is 10.5 Å². The van der Waals surface area contributed by atoms with Crippen LogP contribution in [0.1, 0.15) is 24.9 Å². The van der Waals surface area contributed by atoms with Gasteiger partial charge in [-0.3, -0.25) is 4.90 Å². The molecule has 0 aliphatic carbocycles. The number of hydrogen-bond donors (Lipinski definition) is 1. The highest BCUT2D eigenvalue weighted by molar-refractivity contribution is 5.21. The van der Waals surface area contributed by atoms with Gasteiger partial charge in [0, 0.05) is 25.2 Å². The second-order valence-electron chi connectivity index (χ2n) is 5.15. The molecule has 0 aromatic heterocycles. The largest absolute Gasteiger partial charge is 0.377 e. The Morgan fingerprint density at radius 2 is 2.16 bits per heavy atom. The zero-order valence-electron chi connectivity index (χ0n) is 11.3. The first-order chi connectivity index (χ1) is 8.99. The van der Waals surface area contributed by atoms with Crippen molar-refractivity contribution in [3.63, 3.8) is 0 Å². The minimum atomic E-state index is -0.854. The Hall–Kier alpha value is -1.04. The first-order valence-electron chi connectivity index (χ1n) is 6.51. The summed E-state index contributed by atoms with van der Waals surface area (Å²) in [6.45, 7) is 3.39. The minimum absolute atomic E-state index is 0.183. The average molecular weight is 270 g/mol. The predicted octanol–water partition coefficient (Wildman–Crippen LogP) is 2.07. The second kappa shape index (κ2) is 5.94. The molecule has 106 valence electrons. The third-order valence-electron chi connectivity index (χ3n) is 3.76. The van der Waals surface area contributed by atoms with Crippen LogP contribution in [0.5, 0.6) is 0 Å². The highest BCUT2D eigenvalue weighted by atomic mass is 19.2. The van der Waals surface area contributed by atoms with E-state index >= 15 is 0 Å². The van der Waals surface area contributed by atoms with Gasteiger partial charge in [0.1, 0.15) is 0 Å². The van der Waals surface area contributed by atoms with E-state index in [9.17, 15) is 8.78 Å². The van der Waals surface area contributed by atoms with Crippen LogP contribution in [-0.2, 0) is 4.74 Å². The number of halogens is 2. The fourth-order valence-corrected chi connectivity index (χ4v) is 2.59. The Morgan fingerprint density at radius 3 is 2.74 bits per heavy atom. The monoisotopic (exact) mass is 270 g/mol. The van der Waals surface area contributed by atoms with Crippen molar-refractivity contribution in [2.24, 2.45) is 5.73 Å². The van der Waals surface area contributed by atoms with Gasteiger partial charge in [-0.05, 0) is 38.1 Å². The van der Waals surface area contributed by atoms with Gasteiger partial charge in [0.2, 0.25) is 0 Å². The molecule has 1 heterocycles. The minimum Gasteiger partial charge on any atom is -0.377 e. The first-order valence-corrected chi connectivity index (χ1v) is 6.51. The molecule has 5 heteroatoms. The van der Waals surface area contributed by atoms with Gasteiger partial charge in [-0.15, -0.1) is 0 Å². The molecular formula is C14H20F2N2O. The van der Waals surface area contributed by atoms with E-state index in [4.69, 9.17) is 10.5 Å². The Kier molecular flexibility index (Phi) is 4.50. The Bertz CT molecular complexity index is 441. The van der Waals surface area contributed by atoms with E-state index < -0.39 is 11.6 Å². The number of rotatable bonds is 4. The molecule has 3 unspecified atom stereocenters. The molecule has 2 rings (SSSR count). The van der Waals surface area contributed by atoms with E-state index in [1.54, 1.807) is 0 Å². The summed E-state index contributed by atoms with van der Waals surface area (Å²) in [7, 11) is 1.98. The number of hydrogen-bond acceptors (Lipinski definition) is 3. The van der Waals surface area contributed by atoms with Crippen LogP contribution in [-0.4, -0.2) is 37.2 Å². The zero-order chi connectivity index (χ0) is 14.0. The number of benzene rings is 1. The molecular weight excluding hydrogens is 250 g/mol. The van der Waals surface area contributed by atoms with Crippen LogP contribution in [0.3, 0.4) is 0 Å². The van der Waals surface area contributed by atoms with Crippen LogP contribution < -0.4 is 5.73 Å². The second-order valence-corrected chi connectivity index (χ2v) is 5.15. The maximum atomic E-state index is 13.2. The molecule has 1 aliphatic heterocycles. The fraction of sp³-hybridized carbons (Fsp3) is 0.571. The van der Waals surface area contributed by atoms with Gasteiger partial charge in [0.15, 0.2) is 11.6 Å². The van der Waals surface area contributed by atoms with E-state index in [0.29, 0.717) is 18.2 Å². The maximum absolute atomic E-state index is 13.2. The van der Waals surface area contributed by atoms with Crippen LogP contribution in [0.4, 0.5) is 8.78 Å². The van der Waals surface area contributed by atoms with E-state index in [1.165, 1.54) is 12.1 Å². The average Bonchev–Trinajstić information content (AvgIpc) is 2.79. The lowest BCUT2D eigenvalue weighted by Gasteiger charge is -2.29. The molecule has 2 N–H and O–H groups in total. The van der Waals surface area contributed by atoms with Gasteiger partial charge in [-0.2, -0.15) is 0 Å². The SMILES string of the molecule is CC1OCCC1N(C)CC(N)c1ccc(F)c(F)c1. The summed E-state index contributed by atoms with van der Waals surface area (Å²) in [5.74, 6) is -1.70.